The van der Waals surface area contributed by atoms with Gasteiger partial charge in [-0.05, 0) is 40.8 Å². The summed E-state index contributed by atoms with van der Waals surface area (Å²) in [5.41, 5.74) is 4.74. The molecule has 3 aliphatic rings. The third-order valence-corrected chi connectivity index (χ3v) is 7.40. The minimum Gasteiger partial charge on any atom is -0.274 e. The van der Waals surface area contributed by atoms with Crippen molar-refractivity contribution in [2.45, 2.75) is 6.92 Å². The van der Waals surface area contributed by atoms with Crippen molar-refractivity contribution in [1.29, 1.82) is 0 Å². The summed E-state index contributed by atoms with van der Waals surface area (Å²) < 4.78 is 0. The summed E-state index contributed by atoms with van der Waals surface area (Å²) in [5, 5.41) is 11.7. The zero-order valence-electron chi connectivity index (χ0n) is 19.0. The molecule has 2 fully saturated rings. The number of benzene rings is 3. The molecular weight excluding hydrogens is 440 g/mol. The Morgan fingerprint density at radius 2 is 1.31 bits per heavy atom. The van der Waals surface area contributed by atoms with E-state index in [9.17, 15) is 19.7 Å². The van der Waals surface area contributed by atoms with E-state index >= 15 is 0 Å². The lowest BCUT2D eigenvalue weighted by Crippen LogP contribution is -2.33. The molecule has 1 heterocycles. The Kier molecular flexibility index (Phi) is 4.78. The highest BCUT2D eigenvalue weighted by Gasteiger charge is 2.63. The van der Waals surface area contributed by atoms with Crippen LogP contribution in [0.4, 0.5) is 11.4 Å². The van der Waals surface area contributed by atoms with Crippen LogP contribution >= 0.6 is 0 Å². The van der Waals surface area contributed by atoms with E-state index in [4.69, 9.17) is 0 Å². The van der Waals surface area contributed by atoms with Crippen molar-refractivity contribution >= 4 is 28.8 Å². The first-order valence-electron chi connectivity index (χ1n) is 11.6. The molecule has 1 saturated carbocycles. The molecule has 6 nitrogen and oxygen atoms in total. The van der Waals surface area contributed by atoms with E-state index in [0.29, 0.717) is 5.56 Å². The van der Waals surface area contributed by atoms with E-state index in [1.807, 2.05) is 48.6 Å². The van der Waals surface area contributed by atoms with Gasteiger partial charge in [0.2, 0.25) is 11.8 Å². The van der Waals surface area contributed by atoms with Crippen LogP contribution in [0.3, 0.4) is 0 Å². The molecule has 172 valence electrons. The maximum absolute atomic E-state index is 13.7. The normalized spacial score (nSPS) is 24.3. The Morgan fingerprint density at radius 1 is 0.800 bits per heavy atom. The van der Waals surface area contributed by atoms with E-state index in [-0.39, 0.29) is 35.0 Å². The lowest BCUT2D eigenvalue weighted by molar-refractivity contribution is -0.384. The highest BCUT2D eigenvalue weighted by Crippen LogP contribution is 2.59. The zero-order valence-corrected chi connectivity index (χ0v) is 19.0. The summed E-state index contributed by atoms with van der Waals surface area (Å²) >= 11 is 0. The van der Waals surface area contributed by atoms with Crippen LogP contribution in [0, 0.1) is 40.7 Å². The number of nitro benzene ring substituents is 1. The summed E-state index contributed by atoms with van der Waals surface area (Å²) in [7, 11) is 0. The Balaban J connectivity index is 1.49. The fourth-order valence-electron chi connectivity index (χ4n) is 6.01. The molecule has 35 heavy (non-hydrogen) atoms. The first-order valence-corrected chi connectivity index (χ1v) is 11.6. The van der Waals surface area contributed by atoms with Crippen molar-refractivity contribution < 1.29 is 14.5 Å². The van der Waals surface area contributed by atoms with E-state index < -0.39 is 16.8 Å². The molecule has 0 radical (unpaired) electrons. The van der Waals surface area contributed by atoms with Crippen LogP contribution < -0.4 is 4.90 Å². The monoisotopic (exact) mass is 462 g/mol. The summed E-state index contributed by atoms with van der Waals surface area (Å²) in [6.07, 6.45) is 4.07. The second-order valence-electron chi connectivity index (χ2n) is 9.31. The van der Waals surface area contributed by atoms with Crippen molar-refractivity contribution in [3.63, 3.8) is 0 Å². The molecule has 2 bridgehead atoms. The van der Waals surface area contributed by atoms with Crippen LogP contribution in [0.2, 0.25) is 0 Å². The molecule has 4 atom stereocenters. The molecule has 0 N–H and O–H groups in total. The first kappa shape index (κ1) is 21.2. The predicted octanol–water partition coefficient (Wildman–Crippen LogP) is 5.33. The minimum atomic E-state index is -0.559. The summed E-state index contributed by atoms with van der Waals surface area (Å²) in [6, 6.07) is 24.7. The number of fused-ring (bicyclic) bond motifs is 5. The van der Waals surface area contributed by atoms with E-state index in [1.54, 1.807) is 13.0 Å². The number of allylic oxidation sites excluding steroid dienone is 3. The van der Waals surface area contributed by atoms with Gasteiger partial charge in [-0.25, -0.2) is 4.90 Å². The Morgan fingerprint density at radius 3 is 1.80 bits per heavy atom. The Hall–Kier alpha value is -4.32. The Labute approximate surface area is 202 Å². The third-order valence-electron chi connectivity index (χ3n) is 7.40. The largest absolute Gasteiger partial charge is 0.293 e. The number of nitrogens with zero attached hydrogens (tertiary/aromatic N) is 2. The highest BCUT2D eigenvalue weighted by atomic mass is 16.6. The lowest BCUT2D eigenvalue weighted by atomic mass is 9.85. The van der Waals surface area contributed by atoms with Crippen LogP contribution in [-0.2, 0) is 9.59 Å². The van der Waals surface area contributed by atoms with Crippen molar-refractivity contribution in [3.8, 4) is 0 Å². The molecule has 2 amide bonds. The van der Waals surface area contributed by atoms with Crippen molar-refractivity contribution in [1.82, 2.24) is 0 Å². The fraction of sp³-hybridized carbons (Fsp3) is 0.172. The minimum absolute atomic E-state index is 0.0567. The maximum atomic E-state index is 13.7. The lowest BCUT2D eigenvalue weighted by Gasteiger charge is -2.21. The number of anilines is 1. The van der Waals surface area contributed by atoms with Crippen molar-refractivity contribution in [3.05, 3.63) is 123 Å². The average Bonchev–Trinajstić information content (AvgIpc) is 3.50. The smallest absolute Gasteiger partial charge is 0.274 e. The molecule has 0 unspecified atom stereocenters. The van der Waals surface area contributed by atoms with Gasteiger partial charge in [-0.3, -0.25) is 19.7 Å². The van der Waals surface area contributed by atoms with E-state index in [2.05, 4.69) is 24.3 Å². The number of nitro groups is 1. The van der Waals surface area contributed by atoms with Crippen LogP contribution in [0.15, 0.2) is 96.6 Å². The van der Waals surface area contributed by atoms with Gasteiger partial charge < -0.3 is 0 Å². The molecule has 0 aromatic heterocycles. The standard InChI is InChI=1S/C29H22N2O4/c1-17-12-15-22(23(16-17)31(34)35)30-28(32)26-20-13-14-21(27(26)29(30)33)25(20)24(18-8-4-2-5-9-18)19-10-6-3-7-11-19/h2-16,20-21,26-27H,1H3/t20-,21-,26-,27-/m0/s1. The molecule has 1 saturated heterocycles. The quantitative estimate of drug-likeness (QED) is 0.227. The van der Waals surface area contributed by atoms with Crippen molar-refractivity contribution in [2.24, 2.45) is 23.7 Å². The van der Waals surface area contributed by atoms with Gasteiger partial charge in [-0.2, -0.15) is 0 Å². The number of aryl methyl sites for hydroxylation is 1. The predicted molar refractivity (Wildman–Crippen MR) is 132 cm³/mol. The van der Waals surface area contributed by atoms with Gasteiger partial charge in [0.15, 0.2) is 0 Å². The molecule has 6 heteroatoms. The van der Waals surface area contributed by atoms with Gasteiger partial charge in [0.1, 0.15) is 5.69 Å². The second kappa shape index (κ2) is 7.87. The highest BCUT2D eigenvalue weighted by molar-refractivity contribution is 6.24. The van der Waals surface area contributed by atoms with Gasteiger partial charge in [-0.1, -0.05) is 78.9 Å². The maximum Gasteiger partial charge on any atom is 0.293 e. The van der Waals surface area contributed by atoms with Crippen molar-refractivity contribution in [2.75, 3.05) is 4.90 Å². The van der Waals surface area contributed by atoms with Gasteiger partial charge in [0, 0.05) is 17.9 Å². The first-order chi connectivity index (χ1) is 17.0. The summed E-state index contributed by atoms with van der Waals surface area (Å²) in [4.78, 5) is 39.7. The molecule has 3 aromatic rings. The van der Waals surface area contributed by atoms with Gasteiger partial charge in [-0.15, -0.1) is 0 Å². The number of carbonyl (C=O) groups excluding carboxylic acids is 2. The SMILES string of the molecule is Cc1ccc(N2C(=O)[C@@H]3[C@@H](C2=O)[C@H]2C=C[C@H]3C2=C(c2ccccc2)c2ccccc2)c([N+](=O)[O-])c1. The van der Waals surface area contributed by atoms with Crippen LogP contribution in [-0.4, -0.2) is 16.7 Å². The van der Waals surface area contributed by atoms with Crippen LogP contribution in [0.1, 0.15) is 16.7 Å². The Bertz CT molecular complexity index is 1370. The number of carbonyl (C=O) groups is 2. The molecule has 6 rings (SSSR count). The van der Waals surface area contributed by atoms with E-state index in [0.717, 1.165) is 27.2 Å². The van der Waals surface area contributed by atoms with Crippen LogP contribution in [0.5, 0.6) is 0 Å². The number of rotatable bonds is 4. The number of hydrogen-bond donors (Lipinski definition) is 0. The topological polar surface area (TPSA) is 80.5 Å². The fourth-order valence-corrected chi connectivity index (χ4v) is 6.01. The summed E-state index contributed by atoms with van der Waals surface area (Å²) in [6.45, 7) is 1.75. The average molecular weight is 463 g/mol. The van der Waals surface area contributed by atoms with Gasteiger partial charge >= 0.3 is 0 Å². The number of hydrogen-bond acceptors (Lipinski definition) is 4. The third kappa shape index (κ3) is 3.10. The molecule has 3 aromatic carbocycles. The molecule has 0 spiro atoms. The second-order valence-corrected chi connectivity index (χ2v) is 9.31. The number of imide groups is 1. The zero-order chi connectivity index (χ0) is 24.3. The van der Waals surface area contributed by atoms with Crippen LogP contribution in [0.25, 0.3) is 5.57 Å². The number of amides is 2. The molecule has 1 aliphatic heterocycles. The van der Waals surface area contributed by atoms with Gasteiger partial charge in [0.25, 0.3) is 5.69 Å². The van der Waals surface area contributed by atoms with E-state index in [1.165, 1.54) is 12.1 Å². The van der Waals surface area contributed by atoms with Gasteiger partial charge in [0.05, 0.1) is 16.8 Å². The molecule has 2 aliphatic carbocycles. The molecular formula is C29H22N2O4. The summed E-state index contributed by atoms with van der Waals surface area (Å²) in [5.74, 6) is -2.30.